The number of amides is 1. The molecule has 45 heavy (non-hydrogen) atoms. The van der Waals surface area contributed by atoms with Gasteiger partial charge in [0.25, 0.3) is 0 Å². The number of nitrogens with one attached hydrogen (secondary N) is 1. The Morgan fingerprint density at radius 1 is 0.533 bits per heavy atom. The van der Waals surface area contributed by atoms with Crippen molar-refractivity contribution in [2.24, 2.45) is 0 Å². The molecule has 0 aromatic rings. The molecule has 0 aromatic carbocycles. The zero-order valence-electron chi connectivity index (χ0n) is 30.6. The largest absolute Gasteiger partial charge is 0.348 e. The minimum absolute atomic E-state index is 0.0520. The SMILES string of the molecule is CCCCC/C=C\C/C=C\CCCCCCCCC(CCCCCCCC/C=C\C/C=C\CCCCC)ONCC(=O)N(C)C. The van der Waals surface area contributed by atoms with Gasteiger partial charge in [0.05, 0.1) is 6.10 Å². The van der Waals surface area contributed by atoms with Crippen LogP contribution in [0.25, 0.3) is 0 Å². The van der Waals surface area contributed by atoms with Gasteiger partial charge in [0, 0.05) is 14.1 Å². The van der Waals surface area contributed by atoms with Crippen molar-refractivity contribution in [3.05, 3.63) is 48.6 Å². The number of hydroxylamine groups is 1. The summed E-state index contributed by atoms with van der Waals surface area (Å²) in [5.74, 6) is 0.0520. The summed E-state index contributed by atoms with van der Waals surface area (Å²) in [4.78, 5) is 19.5. The first-order chi connectivity index (χ1) is 22.1. The molecule has 4 nitrogen and oxygen atoms in total. The molecular formula is C41H76N2O2. The lowest BCUT2D eigenvalue weighted by atomic mass is 10.0. The van der Waals surface area contributed by atoms with E-state index in [2.05, 4.69) is 67.9 Å². The number of rotatable bonds is 34. The van der Waals surface area contributed by atoms with Crippen LogP contribution in [0.2, 0.25) is 0 Å². The van der Waals surface area contributed by atoms with E-state index in [1.807, 2.05) is 0 Å². The van der Waals surface area contributed by atoms with E-state index in [1.54, 1.807) is 19.0 Å². The van der Waals surface area contributed by atoms with Crippen molar-refractivity contribution in [3.63, 3.8) is 0 Å². The summed E-state index contributed by atoms with van der Waals surface area (Å²) in [6.07, 6.45) is 51.6. The predicted molar refractivity (Wildman–Crippen MR) is 200 cm³/mol. The van der Waals surface area contributed by atoms with Gasteiger partial charge in [-0.15, -0.1) is 0 Å². The molecule has 4 heteroatoms. The second kappa shape index (κ2) is 36.8. The number of allylic oxidation sites excluding steroid dienone is 8. The van der Waals surface area contributed by atoms with Crippen LogP contribution in [0, 0.1) is 0 Å². The molecular weight excluding hydrogens is 552 g/mol. The van der Waals surface area contributed by atoms with Crippen molar-refractivity contribution >= 4 is 5.91 Å². The van der Waals surface area contributed by atoms with Gasteiger partial charge in [0.2, 0.25) is 5.91 Å². The number of hydrogen-bond acceptors (Lipinski definition) is 3. The van der Waals surface area contributed by atoms with E-state index >= 15 is 0 Å². The molecule has 0 atom stereocenters. The van der Waals surface area contributed by atoms with Crippen molar-refractivity contribution in [1.29, 1.82) is 0 Å². The van der Waals surface area contributed by atoms with E-state index in [4.69, 9.17) is 4.84 Å². The Morgan fingerprint density at radius 2 is 0.889 bits per heavy atom. The van der Waals surface area contributed by atoms with Gasteiger partial charge in [-0.05, 0) is 77.0 Å². The summed E-state index contributed by atoms with van der Waals surface area (Å²) >= 11 is 0. The summed E-state index contributed by atoms with van der Waals surface area (Å²) in [6, 6.07) is 0. The third kappa shape index (κ3) is 35.1. The maximum Gasteiger partial charge on any atom is 0.238 e. The Bertz CT molecular complexity index is 677. The predicted octanol–water partition coefficient (Wildman–Crippen LogP) is 12.4. The van der Waals surface area contributed by atoms with Crippen LogP contribution in [0.15, 0.2) is 48.6 Å². The van der Waals surface area contributed by atoms with Gasteiger partial charge >= 0.3 is 0 Å². The maximum atomic E-state index is 11.9. The number of unbranched alkanes of at least 4 members (excludes halogenated alkanes) is 18. The summed E-state index contributed by atoms with van der Waals surface area (Å²) in [6.45, 7) is 4.77. The molecule has 1 amide bonds. The van der Waals surface area contributed by atoms with Crippen LogP contribution in [-0.2, 0) is 9.63 Å². The van der Waals surface area contributed by atoms with Crippen molar-refractivity contribution < 1.29 is 9.63 Å². The quantitative estimate of drug-likeness (QED) is 0.0438. The highest BCUT2D eigenvalue weighted by Crippen LogP contribution is 2.17. The van der Waals surface area contributed by atoms with Crippen LogP contribution < -0.4 is 5.48 Å². The molecule has 0 rings (SSSR count). The average molecular weight is 629 g/mol. The fourth-order valence-corrected chi connectivity index (χ4v) is 5.36. The molecule has 1 N–H and O–H groups in total. The van der Waals surface area contributed by atoms with Crippen LogP contribution in [0.5, 0.6) is 0 Å². The maximum absolute atomic E-state index is 11.9. The second-order valence-corrected chi connectivity index (χ2v) is 13.1. The van der Waals surface area contributed by atoms with Gasteiger partial charge in [-0.2, -0.15) is 5.48 Å². The average Bonchev–Trinajstić information content (AvgIpc) is 3.03. The first kappa shape index (κ1) is 43.4. The second-order valence-electron chi connectivity index (χ2n) is 13.1. The Kier molecular flexibility index (Phi) is 35.5. The summed E-state index contributed by atoms with van der Waals surface area (Å²) in [7, 11) is 3.57. The van der Waals surface area contributed by atoms with Gasteiger partial charge in [0.15, 0.2) is 0 Å². The normalized spacial score (nSPS) is 12.3. The molecule has 0 aromatic heterocycles. The molecule has 0 bridgehead atoms. The highest BCUT2D eigenvalue weighted by Gasteiger charge is 2.11. The first-order valence-electron chi connectivity index (χ1n) is 19.3. The molecule has 0 saturated carbocycles. The van der Waals surface area contributed by atoms with E-state index in [1.165, 1.54) is 141 Å². The molecule has 0 fully saturated rings. The number of carbonyl (C=O) groups is 1. The fraction of sp³-hybridized carbons (Fsp3) is 0.780. The lowest BCUT2D eigenvalue weighted by molar-refractivity contribution is -0.132. The summed E-state index contributed by atoms with van der Waals surface area (Å²) in [5, 5.41) is 0. The molecule has 0 heterocycles. The van der Waals surface area contributed by atoms with Crippen molar-refractivity contribution in [2.75, 3.05) is 20.6 Å². The van der Waals surface area contributed by atoms with Crippen LogP contribution in [0.1, 0.15) is 181 Å². The van der Waals surface area contributed by atoms with Crippen molar-refractivity contribution in [1.82, 2.24) is 10.4 Å². The Labute approximate surface area is 281 Å². The van der Waals surface area contributed by atoms with Gasteiger partial charge in [-0.25, -0.2) is 0 Å². The standard InChI is InChI=1S/C41H76N2O2/c1-5-7-9-11-13-15-17-19-21-23-25-27-29-31-33-35-37-40(45-42-39-41(44)43(3)4)38-36-34-32-30-28-26-24-22-20-18-16-14-12-10-8-6-2/h13-16,19-22,40,42H,5-12,17-18,23-39H2,1-4H3/b15-13-,16-14-,21-19-,22-20-. The monoisotopic (exact) mass is 629 g/mol. The topological polar surface area (TPSA) is 41.6 Å². The van der Waals surface area contributed by atoms with Gasteiger partial charge in [0.1, 0.15) is 6.54 Å². The zero-order valence-corrected chi connectivity index (χ0v) is 30.6. The summed E-state index contributed by atoms with van der Waals surface area (Å²) in [5.41, 5.74) is 2.96. The highest BCUT2D eigenvalue weighted by molar-refractivity contribution is 5.77. The third-order valence-electron chi connectivity index (χ3n) is 8.43. The van der Waals surface area contributed by atoms with Crippen molar-refractivity contribution in [2.45, 2.75) is 187 Å². The highest BCUT2D eigenvalue weighted by atomic mass is 16.7. The molecule has 0 unspecified atom stereocenters. The van der Waals surface area contributed by atoms with Crippen LogP contribution in [-0.4, -0.2) is 37.6 Å². The van der Waals surface area contributed by atoms with E-state index < -0.39 is 0 Å². The molecule has 0 aliphatic rings. The van der Waals surface area contributed by atoms with Crippen LogP contribution in [0.3, 0.4) is 0 Å². The smallest absolute Gasteiger partial charge is 0.238 e. The van der Waals surface area contributed by atoms with Crippen molar-refractivity contribution in [3.8, 4) is 0 Å². The molecule has 0 aliphatic carbocycles. The van der Waals surface area contributed by atoms with Gasteiger partial charge in [-0.3, -0.25) is 9.63 Å². The molecule has 0 spiro atoms. The lowest BCUT2D eigenvalue weighted by Gasteiger charge is -2.19. The third-order valence-corrected chi connectivity index (χ3v) is 8.43. The molecule has 0 radical (unpaired) electrons. The zero-order chi connectivity index (χ0) is 32.9. The Balaban J connectivity index is 3.93. The van der Waals surface area contributed by atoms with Crippen LogP contribution in [0.4, 0.5) is 0 Å². The number of likely N-dealkylation sites (N-methyl/N-ethyl adjacent to an activating group) is 1. The van der Waals surface area contributed by atoms with E-state index in [0.29, 0.717) is 0 Å². The number of carbonyl (C=O) groups excluding carboxylic acids is 1. The molecule has 0 aliphatic heterocycles. The van der Waals surface area contributed by atoms with Gasteiger partial charge < -0.3 is 4.90 Å². The Morgan fingerprint density at radius 3 is 1.27 bits per heavy atom. The Hall–Kier alpha value is -1.65. The first-order valence-corrected chi connectivity index (χ1v) is 19.3. The van der Waals surface area contributed by atoms with E-state index in [9.17, 15) is 4.79 Å². The fourth-order valence-electron chi connectivity index (χ4n) is 5.36. The van der Waals surface area contributed by atoms with Crippen LogP contribution >= 0.6 is 0 Å². The van der Waals surface area contributed by atoms with E-state index in [-0.39, 0.29) is 18.6 Å². The lowest BCUT2D eigenvalue weighted by Crippen LogP contribution is -2.35. The number of nitrogens with zero attached hydrogens (tertiary/aromatic N) is 1. The molecule has 0 saturated heterocycles. The minimum atomic E-state index is 0.0520. The van der Waals surface area contributed by atoms with Gasteiger partial charge in [-0.1, -0.05) is 152 Å². The minimum Gasteiger partial charge on any atom is -0.348 e. The number of hydrogen-bond donors (Lipinski definition) is 1. The molecule has 262 valence electrons. The van der Waals surface area contributed by atoms with E-state index in [0.717, 1.165) is 25.7 Å². The summed E-state index contributed by atoms with van der Waals surface area (Å²) < 4.78 is 0.